The van der Waals surface area contributed by atoms with Crippen molar-refractivity contribution in [2.75, 3.05) is 42.6 Å². The maximum Gasteiger partial charge on any atom is 0.405 e. The molecule has 4 aliphatic heterocycles. The number of piperidine rings is 2. The van der Waals surface area contributed by atoms with Gasteiger partial charge < -0.3 is 29.7 Å². The van der Waals surface area contributed by atoms with Crippen LogP contribution >= 0.6 is 15.9 Å². The van der Waals surface area contributed by atoms with E-state index in [4.69, 9.17) is 24.5 Å². The lowest BCUT2D eigenvalue weighted by atomic mass is 9.72. The van der Waals surface area contributed by atoms with Crippen LogP contribution in [0.15, 0.2) is 22.8 Å². The molecule has 0 bridgehead atoms. The highest BCUT2D eigenvalue weighted by Gasteiger charge is 2.52. The zero-order valence-electron chi connectivity index (χ0n) is 24.5. The summed E-state index contributed by atoms with van der Waals surface area (Å²) in [4.78, 5) is 26.2. The molecule has 2 N–H and O–H groups in total. The Labute approximate surface area is 257 Å². The Morgan fingerprint density at radius 3 is 2.53 bits per heavy atom. The SMILES string of the molecule is CC(C)(C[C@@H]1c2ccc(F)cc2OC12CCN(c1nc3c(nc1Br)c(N1CCCCC1)nn3C1CCO1)CC2)NC(=O)O. The normalized spacial score (nSPS) is 23.3. The molecule has 2 atom stereocenters. The predicted octanol–water partition coefficient (Wildman–Crippen LogP) is 5.59. The van der Waals surface area contributed by atoms with Crippen molar-refractivity contribution in [2.45, 2.75) is 82.1 Å². The van der Waals surface area contributed by atoms with Gasteiger partial charge in [0.15, 0.2) is 29.0 Å². The molecule has 7 rings (SSSR count). The van der Waals surface area contributed by atoms with Gasteiger partial charge in [-0.05, 0) is 61.5 Å². The van der Waals surface area contributed by atoms with E-state index in [1.165, 1.54) is 18.6 Å². The van der Waals surface area contributed by atoms with Crippen molar-refractivity contribution in [2.24, 2.45) is 0 Å². The second-order valence-electron chi connectivity index (χ2n) is 12.8. The summed E-state index contributed by atoms with van der Waals surface area (Å²) in [6, 6.07) is 4.68. The van der Waals surface area contributed by atoms with Gasteiger partial charge in [0, 0.05) is 68.5 Å². The van der Waals surface area contributed by atoms with E-state index in [1.807, 2.05) is 18.5 Å². The number of fused-ring (bicyclic) bond motifs is 2. The summed E-state index contributed by atoms with van der Waals surface area (Å²) in [7, 11) is 0. The molecule has 6 heterocycles. The van der Waals surface area contributed by atoms with Crippen molar-refractivity contribution in [3.8, 4) is 5.75 Å². The van der Waals surface area contributed by atoms with Crippen molar-refractivity contribution in [1.29, 1.82) is 0 Å². The number of halogens is 2. The topological polar surface area (TPSA) is 118 Å². The predicted molar refractivity (Wildman–Crippen MR) is 162 cm³/mol. The molecule has 1 spiro atoms. The van der Waals surface area contributed by atoms with Crippen LogP contribution in [0.4, 0.5) is 20.8 Å². The molecular formula is C30H37BrFN7O4. The number of nitrogens with one attached hydrogen (secondary N) is 1. The molecule has 1 amide bonds. The molecule has 13 heteroatoms. The molecule has 43 heavy (non-hydrogen) atoms. The third-order valence-corrected chi connectivity index (χ3v) is 9.95. The molecule has 3 aromatic rings. The summed E-state index contributed by atoms with van der Waals surface area (Å²) < 4.78 is 29.2. The van der Waals surface area contributed by atoms with Crippen molar-refractivity contribution < 1.29 is 23.8 Å². The van der Waals surface area contributed by atoms with Gasteiger partial charge in [-0.1, -0.05) is 6.07 Å². The lowest BCUT2D eigenvalue weighted by Crippen LogP contribution is -2.52. The van der Waals surface area contributed by atoms with Crippen LogP contribution in [-0.4, -0.2) is 74.9 Å². The number of aromatic nitrogens is 4. The summed E-state index contributed by atoms with van der Waals surface area (Å²) in [5.74, 6) is 1.71. The van der Waals surface area contributed by atoms with Crippen LogP contribution in [0.25, 0.3) is 11.2 Å². The molecule has 0 saturated carbocycles. The minimum Gasteiger partial charge on any atom is -0.486 e. The van der Waals surface area contributed by atoms with Crippen molar-refractivity contribution in [1.82, 2.24) is 25.1 Å². The minimum atomic E-state index is -1.07. The van der Waals surface area contributed by atoms with Gasteiger partial charge in [0.2, 0.25) is 0 Å². The smallest absolute Gasteiger partial charge is 0.405 e. The summed E-state index contributed by atoms with van der Waals surface area (Å²) in [6.07, 6.45) is 5.04. The lowest BCUT2D eigenvalue weighted by molar-refractivity contribution is -0.104. The van der Waals surface area contributed by atoms with E-state index >= 15 is 0 Å². The van der Waals surface area contributed by atoms with Crippen LogP contribution in [-0.2, 0) is 4.74 Å². The van der Waals surface area contributed by atoms with Gasteiger partial charge in [0.05, 0.1) is 6.61 Å². The fraction of sp³-hybridized carbons (Fsp3) is 0.600. The first-order valence-electron chi connectivity index (χ1n) is 15.2. The zero-order chi connectivity index (χ0) is 29.9. The Kier molecular flexibility index (Phi) is 7.15. The van der Waals surface area contributed by atoms with Crippen LogP contribution in [0.3, 0.4) is 0 Å². The molecule has 1 unspecified atom stereocenters. The first-order valence-corrected chi connectivity index (χ1v) is 16.0. The number of anilines is 2. The largest absolute Gasteiger partial charge is 0.486 e. The van der Waals surface area contributed by atoms with Crippen LogP contribution in [0.1, 0.15) is 76.5 Å². The van der Waals surface area contributed by atoms with Crippen LogP contribution in [0.2, 0.25) is 0 Å². The standard InChI is InChI=1S/C30H37BrFN7O4/c1-29(2,35-28(40)41)17-20-19-7-6-18(32)16-21(19)43-30(20)9-13-38(14-10-30)27-24(31)33-23-25(34-27)39(22-8-15-42-22)36-26(23)37-11-4-3-5-12-37/h6-7,16,20,22,35H,3-5,8-15,17H2,1-2H3,(H,40,41)/t20-,22?/m1/s1. The molecule has 11 nitrogen and oxygen atoms in total. The second-order valence-corrected chi connectivity index (χ2v) is 13.6. The Morgan fingerprint density at radius 2 is 1.86 bits per heavy atom. The van der Waals surface area contributed by atoms with Crippen molar-refractivity contribution in [3.63, 3.8) is 0 Å². The molecule has 2 aromatic heterocycles. The van der Waals surface area contributed by atoms with Gasteiger partial charge in [-0.3, -0.25) is 0 Å². The second kappa shape index (κ2) is 10.8. The monoisotopic (exact) mass is 657 g/mol. The van der Waals surface area contributed by atoms with Gasteiger partial charge in [-0.2, -0.15) is 0 Å². The van der Waals surface area contributed by atoms with Gasteiger partial charge in [0.1, 0.15) is 21.8 Å². The van der Waals surface area contributed by atoms with E-state index in [9.17, 15) is 14.3 Å². The Balaban J connectivity index is 1.18. The molecular weight excluding hydrogens is 621 g/mol. The number of hydrogen-bond acceptors (Lipinski definition) is 8. The van der Waals surface area contributed by atoms with E-state index < -0.39 is 17.2 Å². The fourth-order valence-corrected chi connectivity index (χ4v) is 7.71. The molecule has 3 fully saturated rings. The molecule has 3 saturated heterocycles. The quantitative estimate of drug-likeness (QED) is 0.350. The number of rotatable bonds is 6. The number of ether oxygens (including phenoxy) is 2. The Bertz CT molecular complexity index is 1550. The number of carbonyl (C=O) groups is 1. The number of hydrogen-bond donors (Lipinski definition) is 2. The van der Waals surface area contributed by atoms with Crippen LogP contribution in [0.5, 0.6) is 5.75 Å². The number of amides is 1. The van der Waals surface area contributed by atoms with E-state index in [-0.39, 0.29) is 18.0 Å². The molecule has 4 aliphatic rings. The van der Waals surface area contributed by atoms with Crippen LogP contribution in [0, 0.1) is 5.82 Å². The van der Waals surface area contributed by atoms with Gasteiger partial charge >= 0.3 is 6.09 Å². The third kappa shape index (κ3) is 5.17. The maximum absolute atomic E-state index is 14.2. The number of nitrogens with zero attached hydrogens (tertiary/aromatic N) is 6. The fourth-order valence-electron chi connectivity index (χ4n) is 7.19. The first kappa shape index (κ1) is 28.6. The average molecular weight is 659 g/mol. The van der Waals surface area contributed by atoms with Crippen LogP contribution < -0.4 is 19.9 Å². The van der Waals surface area contributed by atoms with Crippen molar-refractivity contribution in [3.05, 3.63) is 34.2 Å². The van der Waals surface area contributed by atoms with Gasteiger partial charge in [-0.15, -0.1) is 5.10 Å². The van der Waals surface area contributed by atoms with Gasteiger partial charge in [-0.25, -0.2) is 23.8 Å². The zero-order valence-corrected chi connectivity index (χ0v) is 26.1. The van der Waals surface area contributed by atoms with Gasteiger partial charge in [0.25, 0.3) is 0 Å². The summed E-state index contributed by atoms with van der Waals surface area (Å²) in [5, 5.41) is 17.1. The lowest BCUT2D eigenvalue weighted by Gasteiger charge is -2.44. The van der Waals surface area contributed by atoms with E-state index in [2.05, 4.69) is 31.0 Å². The van der Waals surface area contributed by atoms with E-state index in [1.54, 1.807) is 6.07 Å². The van der Waals surface area contributed by atoms with E-state index in [0.717, 1.165) is 60.7 Å². The molecule has 230 valence electrons. The summed E-state index contributed by atoms with van der Waals surface area (Å²) >= 11 is 3.73. The highest BCUT2D eigenvalue weighted by Crippen LogP contribution is 2.53. The Morgan fingerprint density at radius 1 is 1.14 bits per heavy atom. The highest BCUT2D eigenvalue weighted by molar-refractivity contribution is 9.10. The summed E-state index contributed by atoms with van der Waals surface area (Å²) in [6.45, 7) is 7.67. The third-order valence-electron chi connectivity index (χ3n) is 9.42. The molecule has 0 radical (unpaired) electrons. The first-order chi connectivity index (χ1) is 20.6. The molecule has 1 aromatic carbocycles. The maximum atomic E-state index is 14.2. The number of carboxylic acid groups (broad SMARTS) is 1. The van der Waals surface area contributed by atoms with E-state index in [0.29, 0.717) is 49.3 Å². The highest BCUT2D eigenvalue weighted by atomic mass is 79.9. The Hall–Kier alpha value is -3.19. The average Bonchev–Trinajstić information content (AvgIpc) is 3.42. The minimum absolute atomic E-state index is 0.103. The number of benzene rings is 1. The molecule has 0 aliphatic carbocycles. The van der Waals surface area contributed by atoms with Crippen molar-refractivity contribution >= 4 is 44.8 Å². The summed E-state index contributed by atoms with van der Waals surface area (Å²) in [5.41, 5.74) is 1.14.